The maximum atomic E-state index is 5.68. The first kappa shape index (κ1) is 11.9. The van der Waals surface area contributed by atoms with Crippen molar-refractivity contribution in [2.75, 3.05) is 0 Å². The van der Waals surface area contributed by atoms with Crippen molar-refractivity contribution in [2.45, 2.75) is 26.6 Å². The predicted molar refractivity (Wildman–Crippen MR) is 74.6 cm³/mol. The van der Waals surface area contributed by atoms with Crippen LogP contribution in [0.4, 0.5) is 0 Å². The molecular weight excluding hydrogens is 238 g/mol. The molecule has 2 N–H and O–H groups in total. The summed E-state index contributed by atoms with van der Waals surface area (Å²) < 4.78 is 4.08. The summed E-state index contributed by atoms with van der Waals surface area (Å²) in [4.78, 5) is 4.24. The zero-order valence-electron chi connectivity index (χ0n) is 11.0. The molecule has 0 atom stereocenters. The van der Waals surface area contributed by atoms with Crippen LogP contribution in [0.3, 0.4) is 0 Å². The molecule has 0 saturated carbocycles. The molecule has 19 heavy (non-hydrogen) atoms. The maximum absolute atomic E-state index is 5.68. The average molecular weight is 255 g/mol. The normalized spacial score (nSPS) is 11.3. The topological polar surface area (TPSA) is 61.7 Å². The van der Waals surface area contributed by atoms with Gasteiger partial charge in [0.25, 0.3) is 0 Å². The van der Waals surface area contributed by atoms with E-state index in [0.717, 1.165) is 18.1 Å². The van der Waals surface area contributed by atoms with Gasteiger partial charge in [0.05, 0.1) is 24.3 Å². The molecule has 0 aliphatic rings. The quantitative estimate of drug-likeness (QED) is 0.772. The first-order valence-corrected chi connectivity index (χ1v) is 6.48. The van der Waals surface area contributed by atoms with Gasteiger partial charge in [-0.25, -0.2) is 4.98 Å². The van der Waals surface area contributed by atoms with Gasteiger partial charge in [0.2, 0.25) is 0 Å². The van der Waals surface area contributed by atoms with Crippen LogP contribution in [0.5, 0.6) is 0 Å². The Morgan fingerprint density at radius 3 is 2.89 bits per heavy atom. The molecule has 5 nitrogen and oxygen atoms in total. The fourth-order valence-corrected chi connectivity index (χ4v) is 2.39. The van der Waals surface area contributed by atoms with E-state index in [1.807, 2.05) is 23.0 Å². The van der Waals surface area contributed by atoms with Crippen LogP contribution >= 0.6 is 0 Å². The summed E-state index contributed by atoms with van der Waals surface area (Å²) in [7, 11) is 0. The highest BCUT2D eigenvalue weighted by atomic mass is 15.3. The summed E-state index contributed by atoms with van der Waals surface area (Å²) in [6.07, 6.45) is 3.73. The molecule has 98 valence electrons. The lowest BCUT2D eigenvalue weighted by atomic mass is 10.2. The predicted octanol–water partition coefficient (Wildman–Crippen LogP) is 1.76. The number of benzene rings is 1. The minimum Gasteiger partial charge on any atom is -0.328 e. The largest absolute Gasteiger partial charge is 0.328 e. The third-order valence-corrected chi connectivity index (χ3v) is 3.34. The van der Waals surface area contributed by atoms with Gasteiger partial charge >= 0.3 is 0 Å². The van der Waals surface area contributed by atoms with E-state index >= 15 is 0 Å². The highest BCUT2D eigenvalue weighted by molar-refractivity contribution is 5.81. The van der Waals surface area contributed by atoms with E-state index in [1.165, 1.54) is 10.9 Å². The van der Waals surface area contributed by atoms with Gasteiger partial charge in [-0.05, 0) is 13.0 Å². The van der Waals surface area contributed by atoms with Crippen molar-refractivity contribution in [1.82, 2.24) is 19.3 Å². The van der Waals surface area contributed by atoms with Crippen LogP contribution in [0.15, 0.2) is 36.7 Å². The van der Waals surface area contributed by atoms with Crippen molar-refractivity contribution in [3.05, 3.63) is 48.2 Å². The summed E-state index contributed by atoms with van der Waals surface area (Å²) in [5.74, 6) is 0.884. The molecule has 3 rings (SSSR count). The molecule has 0 spiro atoms. The molecule has 2 aromatic heterocycles. The molecule has 0 aliphatic heterocycles. The third kappa shape index (κ3) is 2.02. The molecule has 0 bridgehead atoms. The Hall–Kier alpha value is -2.14. The molecular formula is C14H17N5. The standard InChI is InChI=1S/C14H17N5/c1-2-19-13-6-4-3-5-11(13)12(17-19)10-18-8-7-16-14(18)9-15/h3-8H,2,9-10,15H2,1H3. The van der Waals surface area contributed by atoms with E-state index in [1.54, 1.807) is 6.20 Å². The number of aryl methyl sites for hydroxylation is 1. The minimum absolute atomic E-state index is 0.444. The molecule has 1 aromatic carbocycles. The van der Waals surface area contributed by atoms with Gasteiger partial charge < -0.3 is 10.3 Å². The van der Waals surface area contributed by atoms with E-state index in [0.29, 0.717) is 13.1 Å². The van der Waals surface area contributed by atoms with Gasteiger partial charge in [-0.2, -0.15) is 5.10 Å². The summed E-state index contributed by atoms with van der Waals surface area (Å²) in [5.41, 5.74) is 7.92. The van der Waals surface area contributed by atoms with Crippen LogP contribution in [0.25, 0.3) is 10.9 Å². The van der Waals surface area contributed by atoms with Crippen LogP contribution in [-0.4, -0.2) is 19.3 Å². The Labute approximate surface area is 111 Å². The van der Waals surface area contributed by atoms with Crippen LogP contribution in [-0.2, 0) is 19.6 Å². The second-order valence-corrected chi connectivity index (χ2v) is 4.46. The van der Waals surface area contributed by atoms with E-state index in [9.17, 15) is 0 Å². The highest BCUT2D eigenvalue weighted by Crippen LogP contribution is 2.19. The zero-order valence-corrected chi connectivity index (χ0v) is 11.0. The summed E-state index contributed by atoms with van der Waals surface area (Å²) in [6.45, 7) is 4.12. The summed E-state index contributed by atoms with van der Waals surface area (Å²) in [6, 6.07) is 8.31. The number of hydrogen-bond acceptors (Lipinski definition) is 3. The number of nitrogens with zero attached hydrogens (tertiary/aromatic N) is 4. The number of nitrogens with two attached hydrogens (primary N) is 1. The molecule has 3 aromatic rings. The number of fused-ring (bicyclic) bond motifs is 1. The van der Waals surface area contributed by atoms with Crippen molar-refractivity contribution in [1.29, 1.82) is 0 Å². The molecule has 0 radical (unpaired) electrons. The van der Waals surface area contributed by atoms with E-state index in [4.69, 9.17) is 5.73 Å². The molecule has 5 heteroatoms. The number of aromatic nitrogens is 4. The Kier molecular flexibility index (Phi) is 3.05. The van der Waals surface area contributed by atoms with Gasteiger partial charge in [-0.3, -0.25) is 4.68 Å². The van der Waals surface area contributed by atoms with Crippen molar-refractivity contribution in [2.24, 2.45) is 5.73 Å². The fourth-order valence-electron chi connectivity index (χ4n) is 2.39. The average Bonchev–Trinajstić information content (AvgIpc) is 3.04. The second-order valence-electron chi connectivity index (χ2n) is 4.46. The Balaban J connectivity index is 2.06. The molecule has 2 heterocycles. The molecule has 0 unspecified atom stereocenters. The number of rotatable bonds is 4. The van der Waals surface area contributed by atoms with Gasteiger partial charge in [0.15, 0.2) is 0 Å². The lowest BCUT2D eigenvalue weighted by Gasteiger charge is -2.04. The van der Waals surface area contributed by atoms with E-state index < -0.39 is 0 Å². The Bertz CT molecular complexity index is 695. The van der Waals surface area contributed by atoms with Crippen LogP contribution in [0.1, 0.15) is 18.4 Å². The van der Waals surface area contributed by atoms with Crippen LogP contribution < -0.4 is 5.73 Å². The van der Waals surface area contributed by atoms with Crippen molar-refractivity contribution < 1.29 is 0 Å². The monoisotopic (exact) mass is 255 g/mol. The first-order valence-electron chi connectivity index (χ1n) is 6.48. The van der Waals surface area contributed by atoms with Crippen LogP contribution in [0, 0.1) is 0 Å². The SMILES string of the molecule is CCn1nc(Cn2ccnc2CN)c2ccccc21. The molecule has 0 aliphatic carbocycles. The third-order valence-electron chi connectivity index (χ3n) is 3.34. The number of para-hydroxylation sites is 1. The lowest BCUT2D eigenvalue weighted by Crippen LogP contribution is -2.09. The zero-order chi connectivity index (χ0) is 13.2. The van der Waals surface area contributed by atoms with Crippen molar-refractivity contribution in [3.63, 3.8) is 0 Å². The lowest BCUT2D eigenvalue weighted by molar-refractivity contribution is 0.643. The van der Waals surface area contributed by atoms with Crippen LogP contribution in [0.2, 0.25) is 0 Å². The van der Waals surface area contributed by atoms with Crippen molar-refractivity contribution >= 4 is 10.9 Å². The molecule has 0 fully saturated rings. The Morgan fingerprint density at radius 2 is 2.11 bits per heavy atom. The van der Waals surface area contributed by atoms with Gasteiger partial charge in [-0.15, -0.1) is 0 Å². The minimum atomic E-state index is 0.444. The second kappa shape index (κ2) is 4.85. The summed E-state index contributed by atoms with van der Waals surface area (Å²) in [5, 5.41) is 5.88. The van der Waals surface area contributed by atoms with E-state index in [2.05, 4.69) is 33.7 Å². The number of hydrogen-bond donors (Lipinski definition) is 1. The maximum Gasteiger partial charge on any atom is 0.122 e. The van der Waals surface area contributed by atoms with Gasteiger partial charge in [-0.1, -0.05) is 18.2 Å². The fraction of sp³-hybridized carbons (Fsp3) is 0.286. The molecule has 0 saturated heterocycles. The first-order chi connectivity index (χ1) is 9.33. The highest BCUT2D eigenvalue weighted by Gasteiger charge is 2.10. The summed E-state index contributed by atoms with van der Waals surface area (Å²) >= 11 is 0. The smallest absolute Gasteiger partial charge is 0.122 e. The van der Waals surface area contributed by atoms with Crippen molar-refractivity contribution in [3.8, 4) is 0 Å². The van der Waals surface area contributed by atoms with E-state index in [-0.39, 0.29) is 0 Å². The molecule has 0 amide bonds. The van der Waals surface area contributed by atoms with Gasteiger partial charge in [0, 0.05) is 24.3 Å². The number of imidazole rings is 1. The Morgan fingerprint density at radius 1 is 1.26 bits per heavy atom. The van der Waals surface area contributed by atoms with Gasteiger partial charge in [0.1, 0.15) is 5.82 Å².